The van der Waals surface area contributed by atoms with E-state index in [1.165, 1.54) is 10.6 Å². The number of aryl methyl sites for hydroxylation is 2. The first-order valence-electron chi connectivity index (χ1n) is 6.39. The third-order valence-corrected chi connectivity index (χ3v) is 4.83. The molecule has 0 fully saturated rings. The van der Waals surface area contributed by atoms with Gasteiger partial charge in [0.15, 0.2) is 3.01 Å². The van der Waals surface area contributed by atoms with Gasteiger partial charge >= 0.3 is 0 Å². The van der Waals surface area contributed by atoms with Gasteiger partial charge in [-0.3, -0.25) is 0 Å². The van der Waals surface area contributed by atoms with Crippen molar-refractivity contribution in [3.63, 3.8) is 0 Å². The van der Waals surface area contributed by atoms with Crippen LogP contribution in [0.15, 0.2) is 0 Å². The number of methoxy groups -OCH3 is 1. The Bertz CT molecular complexity index is 344. The van der Waals surface area contributed by atoms with Crippen molar-refractivity contribution in [1.82, 2.24) is 4.98 Å². The van der Waals surface area contributed by atoms with Crippen LogP contribution in [0.1, 0.15) is 36.8 Å². The van der Waals surface area contributed by atoms with Gasteiger partial charge in [0.1, 0.15) is 0 Å². The second-order valence-corrected chi connectivity index (χ2v) is 7.05. The Labute approximate surface area is 127 Å². The molecular weight excluding hydrogens is 361 g/mol. The van der Waals surface area contributed by atoms with Gasteiger partial charge in [0.2, 0.25) is 0 Å². The number of aromatic nitrogens is 1. The molecule has 0 radical (unpaired) electrons. The second kappa shape index (κ2) is 9.23. The van der Waals surface area contributed by atoms with E-state index in [-0.39, 0.29) is 0 Å². The maximum atomic E-state index is 5.48. The molecule has 1 heterocycles. The summed E-state index contributed by atoms with van der Waals surface area (Å²) in [6.45, 7) is 5.70. The third-order valence-electron chi connectivity index (χ3n) is 2.92. The summed E-state index contributed by atoms with van der Waals surface area (Å²) < 4.78 is 12.0. The van der Waals surface area contributed by atoms with Crippen molar-refractivity contribution in [2.24, 2.45) is 0 Å². The summed E-state index contributed by atoms with van der Waals surface area (Å²) in [6.07, 6.45) is 4.68. The minimum absolute atomic E-state index is 0.323. The van der Waals surface area contributed by atoms with Crippen LogP contribution in [-0.2, 0) is 15.9 Å². The van der Waals surface area contributed by atoms with Crippen LogP contribution in [0.2, 0.25) is 0 Å². The fraction of sp³-hybridized carbons (Fsp3) is 0.769. The summed E-state index contributed by atoms with van der Waals surface area (Å²) in [5.41, 5.74) is 1.19. The van der Waals surface area contributed by atoms with Crippen molar-refractivity contribution in [3.8, 4) is 0 Å². The molecule has 5 heteroatoms. The second-order valence-electron chi connectivity index (χ2n) is 4.21. The van der Waals surface area contributed by atoms with Gasteiger partial charge in [0.05, 0.1) is 11.8 Å². The summed E-state index contributed by atoms with van der Waals surface area (Å²) in [7, 11) is 1.79. The maximum Gasteiger partial charge on any atom is 0.154 e. The van der Waals surface area contributed by atoms with E-state index in [1.807, 2.05) is 6.92 Å². The molecule has 0 N–H and O–H groups in total. The van der Waals surface area contributed by atoms with Gasteiger partial charge in [0.25, 0.3) is 0 Å². The molecule has 1 rings (SSSR count). The van der Waals surface area contributed by atoms with E-state index in [0.29, 0.717) is 6.10 Å². The highest BCUT2D eigenvalue weighted by Crippen LogP contribution is 2.22. The van der Waals surface area contributed by atoms with E-state index in [9.17, 15) is 0 Å². The molecule has 1 atom stereocenters. The summed E-state index contributed by atoms with van der Waals surface area (Å²) >= 11 is 4.09. The van der Waals surface area contributed by atoms with Crippen molar-refractivity contribution >= 4 is 33.9 Å². The Hall–Kier alpha value is 0.280. The average molecular weight is 383 g/mol. The van der Waals surface area contributed by atoms with Crippen LogP contribution < -0.4 is 0 Å². The van der Waals surface area contributed by atoms with Crippen molar-refractivity contribution in [3.05, 3.63) is 13.6 Å². The zero-order valence-electron chi connectivity index (χ0n) is 11.4. The van der Waals surface area contributed by atoms with Crippen molar-refractivity contribution in [1.29, 1.82) is 0 Å². The van der Waals surface area contributed by atoms with E-state index in [2.05, 4.69) is 34.5 Å². The monoisotopic (exact) mass is 383 g/mol. The van der Waals surface area contributed by atoms with E-state index in [1.54, 1.807) is 18.4 Å². The largest absolute Gasteiger partial charge is 0.382 e. The number of ether oxygens (including phenoxy) is 2. The Morgan fingerprint density at radius 2 is 2.17 bits per heavy atom. The average Bonchev–Trinajstić information content (AvgIpc) is 2.66. The van der Waals surface area contributed by atoms with E-state index in [0.717, 1.165) is 41.9 Å². The van der Waals surface area contributed by atoms with Gasteiger partial charge in [0, 0.05) is 25.2 Å². The summed E-state index contributed by atoms with van der Waals surface area (Å²) in [5, 5.41) is 0. The highest BCUT2D eigenvalue weighted by atomic mass is 127. The van der Waals surface area contributed by atoms with Gasteiger partial charge < -0.3 is 9.47 Å². The van der Waals surface area contributed by atoms with Gasteiger partial charge in [-0.05, 0) is 62.1 Å². The zero-order valence-corrected chi connectivity index (χ0v) is 14.3. The fourth-order valence-electron chi connectivity index (χ4n) is 1.85. The number of rotatable bonds is 9. The number of halogens is 1. The van der Waals surface area contributed by atoms with E-state index >= 15 is 0 Å². The predicted octanol–water partition coefficient (Wildman–Crippen LogP) is 3.82. The highest BCUT2D eigenvalue weighted by Gasteiger charge is 2.09. The summed E-state index contributed by atoms with van der Waals surface area (Å²) in [5.74, 6) is 0. The van der Waals surface area contributed by atoms with Crippen LogP contribution in [0.25, 0.3) is 0 Å². The Morgan fingerprint density at radius 3 is 2.72 bits per heavy atom. The number of nitrogens with zero attached hydrogens (tertiary/aromatic N) is 1. The molecule has 0 aliphatic carbocycles. The smallest absolute Gasteiger partial charge is 0.154 e. The van der Waals surface area contributed by atoms with Gasteiger partial charge in [-0.1, -0.05) is 0 Å². The summed E-state index contributed by atoms with van der Waals surface area (Å²) in [4.78, 5) is 5.86. The Morgan fingerprint density at radius 1 is 1.39 bits per heavy atom. The molecule has 1 aromatic rings. The van der Waals surface area contributed by atoms with Crippen molar-refractivity contribution in [2.45, 2.75) is 45.6 Å². The lowest BCUT2D eigenvalue weighted by Crippen LogP contribution is -2.14. The Balaban J connectivity index is 2.24. The number of thiazole rings is 1. The molecule has 1 aromatic heterocycles. The minimum atomic E-state index is 0.323. The topological polar surface area (TPSA) is 31.4 Å². The first kappa shape index (κ1) is 16.3. The van der Waals surface area contributed by atoms with Crippen LogP contribution in [0, 0.1) is 9.94 Å². The number of hydrogen-bond acceptors (Lipinski definition) is 4. The van der Waals surface area contributed by atoms with Crippen molar-refractivity contribution in [2.75, 3.05) is 20.3 Å². The number of hydrogen-bond donors (Lipinski definition) is 0. The van der Waals surface area contributed by atoms with E-state index < -0.39 is 0 Å². The lowest BCUT2D eigenvalue weighted by atomic mass is 10.1. The normalized spacial score (nSPS) is 12.9. The standard InChI is InChI=1S/C13H22INO2S/c1-4-17-9-8-11(16-3)6-5-7-12-10(2)15-13(14)18-12/h11H,4-9H2,1-3H3. The van der Waals surface area contributed by atoms with Crippen LogP contribution in [-0.4, -0.2) is 31.4 Å². The molecule has 0 saturated heterocycles. The van der Waals surface area contributed by atoms with Crippen molar-refractivity contribution < 1.29 is 9.47 Å². The fourth-order valence-corrected chi connectivity index (χ4v) is 3.84. The molecule has 0 aliphatic heterocycles. The lowest BCUT2D eigenvalue weighted by Gasteiger charge is -2.14. The molecular formula is C13H22INO2S. The summed E-state index contributed by atoms with van der Waals surface area (Å²) in [6, 6.07) is 0. The van der Waals surface area contributed by atoms with Crippen LogP contribution >= 0.6 is 33.9 Å². The SMILES string of the molecule is CCOCCC(CCCc1sc(I)nc1C)OC. The predicted molar refractivity (Wildman–Crippen MR) is 84.4 cm³/mol. The minimum Gasteiger partial charge on any atom is -0.382 e. The molecule has 0 amide bonds. The lowest BCUT2D eigenvalue weighted by molar-refractivity contribution is 0.0495. The molecule has 0 spiro atoms. The Kier molecular flexibility index (Phi) is 8.37. The maximum absolute atomic E-state index is 5.48. The first-order chi connectivity index (χ1) is 8.67. The van der Waals surface area contributed by atoms with Gasteiger partial charge in [-0.2, -0.15) is 0 Å². The molecule has 104 valence electrons. The molecule has 0 aromatic carbocycles. The first-order valence-corrected chi connectivity index (χ1v) is 8.29. The van der Waals surface area contributed by atoms with Gasteiger partial charge in [-0.25, -0.2) is 4.98 Å². The molecule has 0 aliphatic rings. The highest BCUT2D eigenvalue weighted by molar-refractivity contribution is 14.1. The van der Waals surface area contributed by atoms with Gasteiger partial charge in [-0.15, -0.1) is 11.3 Å². The molecule has 1 unspecified atom stereocenters. The zero-order chi connectivity index (χ0) is 13.4. The van der Waals surface area contributed by atoms with Crippen LogP contribution in [0.4, 0.5) is 0 Å². The molecule has 0 saturated carbocycles. The quantitative estimate of drug-likeness (QED) is 0.480. The molecule has 18 heavy (non-hydrogen) atoms. The van der Waals surface area contributed by atoms with Crippen LogP contribution in [0.5, 0.6) is 0 Å². The molecule has 0 bridgehead atoms. The van der Waals surface area contributed by atoms with Crippen LogP contribution in [0.3, 0.4) is 0 Å². The van der Waals surface area contributed by atoms with E-state index in [4.69, 9.17) is 9.47 Å². The molecule has 3 nitrogen and oxygen atoms in total. The third kappa shape index (κ3) is 5.95.